The molecule has 0 radical (unpaired) electrons. The van der Waals surface area contributed by atoms with Gasteiger partial charge in [0.2, 0.25) is 0 Å². The van der Waals surface area contributed by atoms with E-state index in [4.69, 9.17) is 10.00 Å². The quantitative estimate of drug-likeness (QED) is 0.804. The van der Waals surface area contributed by atoms with Crippen LogP contribution >= 0.6 is 11.8 Å². The molecule has 1 heterocycles. The maximum atomic E-state index is 8.74. The predicted octanol–water partition coefficient (Wildman–Crippen LogP) is 3.03. The highest BCUT2D eigenvalue weighted by atomic mass is 32.2. The maximum Gasteiger partial charge on any atom is 0.123 e. The van der Waals surface area contributed by atoms with E-state index in [9.17, 15) is 0 Å². The van der Waals surface area contributed by atoms with Crippen LogP contribution in [0.1, 0.15) is 18.4 Å². The molecule has 1 aliphatic heterocycles. The molecule has 1 atom stereocenters. The Morgan fingerprint density at radius 2 is 2.31 bits per heavy atom. The first-order chi connectivity index (χ1) is 7.90. The second-order valence-corrected chi connectivity index (χ2v) is 5.05. The van der Waals surface area contributed by atoms with Crippen molar-refractivity contribution in [3.05, 3.63) is 29.8 Å². The molecule has 1 aromatic rings. The Morgan fingerprint density at radius 1 is 1.44 bits per heavy atom. The van der Waals surface area contributed by atoms with Gasteiger partial charge in [-0.25, -0.2) is 0 Å². The van der Waals surface area contributed by atoms with Crippen molar-refractivity contribution >= 4 is 11.8 Å². The molecule has 16 heavy (non-hydrogen) atoms. The molecular weight excluding hydrogens is 218 g/mol. The largest absolute Gasteiger partial charge is 0.489 e. The van der Waals surface area contributed by atoms with Crippen molar-refractivity contribution in [2.45, 2.75) is 25.4 Å². The number of benzene rings is 1. The van der Waals surface area contributed by atoms with Gasteiger partial charge in [-0.15, -0.1) is 0 Å². The summed E-state index contributed by atoms with van der Waals surface area (Å²) in [5, 5.41) is 8.74. The molecule has 0 saturated carbocycles. The van der Waals surface area contributed by atoms with Gasteiger partial charge in [0.25, 0.3) is 0 Å². The van der Waals surface area contributed by atoms with Crippen LogP contribution in [-0.2, 0) is 6.42 Å². The smallest absolute Gasteiger partial charge is 0.123 e. The van der Waals surface area contributed by atoms with Crippen molar-refractivity contribution in [1.82, 2.24) is 0 Å². The zero-order valence-electron chi connectivity index (χ0n) is 9.19. The van der Waals surface area contributed by atoms with Crippen molar-refractivity contribution in [3.8, 4) is 11.8 Å². The lowest BCUT2D eigenvalue weighted by Gasteiger charge is -2.23. The third-order valence-electron chi connectivity index (χ3n) is 2.65. The number of para-hydroxylation sites is 1. The number of nitriles is 1. The van der Waals surface area contributed by atoms with Gasteiger partial charge in [0.15, 0.2) is 0 Å². The van der Waals surface area contributed by atoms with E-state index >= 15 is 0 Å². The molecule has 2 nitrogen and oxygen atoms in total. The molecule has 0 amide bonds. The van der Waals surface area contributed by atoms with Crippen LogP contribution in [0, 0.1) is 11.3 Å². The summed E-state index contributed by atoms with van der Waals surface area (Å²) >= 11 is 1.95. The van der Waals surface area contributed by atoms with E-state index in [1.807, 2.05) is 36.0 Å². The Morgan fingerprint density at radius 3 is 3.06 bits per heavy atom. The Balaban J connectivity index is 2.05. The van der Waals surface area contributed by atoms with Crippen LogP contribution in [0.5, 0.6) is 5.75 Å². The monoisotopic (exact) mass is 233 g/mol. The fourth-order valence-electron chi connectivity index (χ4n) is 1.83. The summed E-state index contributed by atoms with van der Waals surface area (Å²) in [6, 6.07) is 10.0. The number of thioether (sulfide) groups is 1. The Bertz CT molecular complexity index is 380. The van der Waals surface area contributed by atoms with E-state index in [1.54, 1.807) is 0 Å². The maximum absolute atomic E-state index is 8.74. The van der Waals surface area contributed by atoms with Crippen LogP contribution in [0.25, 0.3) is 0 Å². The highest BCUT2D eigenvalue weighted by Gasteiger charge is 2.16. The topological polar surface area (TPSA) is 33.0 Å². The molecule has 1 aliphatic rings. The van der Waals surface area contributed by atoms with Crippen LogP contribution in [0.2, 0.25) is 0 Å². The summed E-state index contributed by atoms with van der Waals surface area (Å²) in [5.74, 6) is 3.21. The second kappa shape index (κ2) is 5.81. The molecule has 84 valence electrons. The molecule has 1 saturated heterocycles. The molecule has 0 spiro atoms. The lowest BCUT2D eigenvalue weighted by Crippen LogP contribution is -2.23. The molecule has 1 unspecified atom stereocenters. The Labute approximate surface area is 101 Å². The molecule has 0 aliphatic carbocycles. The van der Waals surface area contributed by atoms with Crippen molar-refractivity contribution in [1.29, 1.82) is 5.26 Å². The van der Waals surface area contributed by atoms with E-state index in [0.717, 1.165) is 23.5 Å². The van der Waals surface area contributed by atoms with E-state index < -0.39 is 0 Å². The fourth-order valence-corrected chi connectivity index (χ4v) is 2.87. The SMILES string of the molecule is N#CCc1ccccc1OC1CCCSC1. The number of ether oxygens (including phenoxy) is 1. The zero-order valence-corrected chi connectivity index (χ0v) is 10.0. The van der Waals surface area contributed by atoms with Gasteiger partial charge in [-0.05, 0) is 24.7 Å². The number of nitrogens with zero attached hydrogens (tertiary/aromatic N) is 1. The van der Waals surface area contributed by atoms with Gasteiger partial charge in [0, 0.05) is 11.3 Å². The number of hydrogen-bond donors (Lipinski definition) is 0. The third kappa shape index (κ3) is 2.93. The van der Waals surface area contributed by atoms with Crippen molar-refractivity contribution in [3.63, 3.8) is 0 Å². The van der Waals surface area contributed by atoms with Crippen LogP contribution in [0.15, 0.2) is 24.3 Å². The molecule has 0 bridgehead atoms. The Hall–Kier alpha value is -1.14. The summed E-state index contributed by atoms with van der Waals surface area (Å²) < 4.78 is 5.97. The zero-order chi connectivity index (χ0) is 11.2. The summed E-state index contributed by atoms with van der Waals surface area (Å²) in [4.78, 5) is 0. The highest BCUT2D eigenvalue weighted by Crippen LogP contribution is 2.25. The minimum atomic E-state index is 0.318. The predicted molar refractivity (Wildman–Crippen MR) is 66.7 cm³/mol. The summed E-state index contributed by atoms with van der Waals surface area (Å²) in [7, 11) is 0. The normalized spacial score (nSPS) is 20.1. The van der Waals surface area contributed by atoms with Gasteiger partial charge in [0.05, 0.1) is 12.5 Å². The molecule has 1 aromatic carbocycles. The fraction of sp³-hybridized carbons (Fsp3) is 0.462. The van der Waals surface area contributed by atoms with Gasteiger partial charge in [-0.2, -0.15) is 17.0 Å². The van der Waals surface area contributed by atoms with Gasteiger partial charge < -0.3 is 4.74 Å². The molecule has 0 aromatic heterocycles. The summed E-state index contributed by atoms with van der Waals surface area (Å²) in [6.07, 6.45) is 3.11. The molecular formula is C13H15NOS. The standard InChI is InChI=1S/C13H15NOS/c14-8-7-11-4-1-2-6-13(11)15-12-5-3-9-16-10-12/h1-2,4,6,12H,3,5,7,9-10H2. The first kappa shape index (κ1) is 11.3. The number of rotatable bonds is 3. The molecule has 2 rings (SSSR count). The number of hydrogen-bond acceptors (Lipinski definition) is 3. The molecule has 3 heteroatoms. The lowest BCUT2D eigenvalue weighted by molar-refractivity contribution is 0.210. The average molecular weight is 233 g/mol. The van der Waals surface area contributed by atoms with Gasteiger partial charge in [0.1, 0.15) is 11.9 Å². The van der Waals surface area contributed by atoms with Crippen LogP contribution in [-0.4, -0.2) is 17.6 Å². The lowest BCUT2D eigenvalue weighted by atomic mass is 10.1. The van der Waals surface area contributed by atoms with E-state index in [2.05, 4.69) is 6.07 Å². The highest BCUT2D eigenvalue weighted by molar-refractivity contribution is 7.99. The third-order valence-corrected chi connectivity index (χ3v) is 3.84. The van der Waals surface area contributed by atoms with Crippen LogP contribution in [0.3, 0.4) is 0 Å². The first-order valence-electron chi connectivity index (χ1n) is 5.59. The first-order valence-corrected chi connectivity index (χ1v) is 6.75. The molecule has 0 N–H and O–H groups in total. The van der Waals surface area contributed by atoms with Crippen molar-refractivity contribution < 1.29 is 4.74 Å². The average Bonchev–Trinajstić information content (AvgIpc) is 2.33. The minimum absolute atomic E-state index is 0.318. The molecule has 1 fully saturated rings. The second-order valence-electron chi connectivity index (χ2n) is 3.90. The van der Waals surface area contributed by atoms with E-state index in [-0.39, 0.29) is 0 Å². The van der Waals surface area contributed by atoms with Crippen LogP contribution in [0.4, 0.5) is 0 Å². The summed E-state index contributed by atoms with van der Waals surface area (Å²) in [5.41, 5.74) is 1.00. The van der Waals surface area contributed by atoms with Crippen LogP contribution < -0.4 is 4.74 Å². The Kier molecular flexibility index (Phi) is 4.12. The van der Waals surface area contributed by atoms with Gasteiger partial charge >= 0.3 is 0 Å². The van der Waals surface area contributed by atoms with E-state index in [0.29, 0.717) is 12.5 Å². The van der Waals surface area contributed by atoms with E-state index in [1.165, 1.54) is 12.2 Å². The minimum Gasteiger partial charge on any atom is -0.489 e. The van der Waals surface area contributed by atoms with Gasteiger partial charge in [-0.1, -0.05) is 18.2 Å². The van der Waals surface area contributed by atoms with Crippen molar-refractivity contribution in [2.75, 3.05) is 11.5 Å². The summed E-state index contributed by atoms with van der Waals surface area (Å²) in [6.45, 7) is 0. The van der Waals surface area contributed by atoms with Crippen molar-refractivity contribution in [2.24, 2.45) is 0 Å². The van der Waals surface area contributed by atoms with Gasteiger partial charge in [-0.3, -0.25) is 0 Å².